The third kappa shape index (κ3) is 2.52. The maximum atomic E-state index is 11.9. The second kappa shape index (κ2) is 5.08. The first-order chi connectivity index (χ1) is 8.22. The van der Waals surface area contributed by atoms with Crippen LogP contribution in [0.2, 0.25) is 0 Å². The van der Waals surface area contributed by atoms with E-state index in [-0.39, 0.29) is 0 Å². The highest BCUT2D eigenvalue weighted by molar-refractivity contribution is 5.98. The van der Waals surface area contributed by atoms with Crippen molar-refractivity contribution in [3.63, 3.8) is 0 Å². The molecule has 1 saturated carbocycles. The fourth-order valence-corrected chi connectivity index (χ4v) is 1.86. The summed E-state index contributed by atoms with van der Waals surface area (Å²) in [5.74, 6) is 0.588. The average Bonchev–Trinajstić information content (AvgIpc) is 2.26. The number of benzene rings is 1. The molecule has 0 aliphatic heterocycles. The van der Waals surface area contributed by atoms with E-state index in [0.29, 0.717) is 29.5 Å². The zero-order valence-electron chi connectivity index (χ0n) is 9.94. The molecule has 0 amide bonds. The highest BCUT2D eigenvalue weighted by Gasteiger charge is 2.22. The molecule has 0 spiro atoms. The summed E-state index contributed by atoms with van der Waals surface area (Å²) in [7, 11) is 1.51. The molecule has 0 heterocycles. The minimum atomic E-state index is -0.396. The van der Waals surface area contributed by atoms with Gasteiger partial charge in [-0.3, -0.25) is 0 Å². The summed E-state index contributed by atoms with van der Waals surface area (Å²) >= 11 is 0. The van der Waals surface area contributed by atoms with Gasteiger partial charge in [0.25, 0.3) is 0 Å². The van der Waals surface area contributed by atoms with Gasteiger partial charge in [-0.15, -0.1) is 0 Å². The van der Waals surface area contributed by atoms with Crippen LogP contribution in [0.25, 0.3) is 0 Å². The van der Waals surface area contributed by atoms with E-state index in [1.807, 2.05) is 0 Å². The third-order valence-corrected chi connectivity index (χ3v) is 3.16. The van der Waals surface area contributed by atoms with E-state index in [2.05, 4.69) is 0 Å². The van der Waals surface area contributed by atoms with Gasteiger partial charge in [-0.05, 0) is 30.9 Å². The maximum Gasteiger partial charge on any atom is 0.344 e. The molecule has 1 aromatic carbocycles. The van der Waals surface area contributed by atoms with E-state index in [0.717, 1.165) is 12.8 Å². The molecule has 0 radical (unpaired) electrons. The quantitative estimate of drug-likeness (QED) is 0.642. The Hall–Kier alpha value is -1.71. The highest BCUT2D eigenvalue weighted by Crippen LogP contribution is 2.28. The van der Waals surface area contributed by atoms with Crippen LogP contribution in [0.15, 0.2) is 18.2 Å². The summed E-state index contributed by atoms with van der Waals surface area (Å²) in [4.78, 5) is 11.9. The van der Waals surface area contributed by atoms with Crippen LogP contribution in [0.3, 0.4) is 0 Å². The lowest BCUT2D eigenvalue weighted by Crippen LogP contribution is -2.21. The molecule has 4 heteroatoms. The molecular formula is C13H17NO3. The van der Waals surface area contributed by atoms with E-state index < -0.39 is 5.97 Å². The van der Waals surface area contributed by atoms with Crippen molar-refractivity contribution in [1.82, 2.24) is 0 Å². The van der Waals surface area contributed by atoms with Crippen molar-refractivity contribution < 1.29 is 14.3 Å². The fraction of sp³-hybridized carbons (Fsp3) is 0.462. The molecule has 0 saturated heterocycles. The van der Waals surface area contributed by atoms with Crippen LogP contribution in [0.5, 0.6) is 5.75 Å². The molecule has 4 nitrogen and oxygen atoms in total. The van der Waals surface area contributed by atoms with E-state index in [1.165, 1.54) is 13.5 Å². The largest absolute Gasteiger partial charge is 0.496 e. The normalized spacial score (nSPS) is 15.1. The standard InChI is InChI=1S/C13H17NO3/c1-16-11-7-3-6-10(14)12(11)13(15)17-8-9-4-2-5-9/h3,6-7,9H,2,4-5,8,14H2,1H3. The Labute approximate surface area is 101 Å². The Bertz CT molecular complexity index is 413. The van der Waals surface area contributed by atoms with Crippen LogP contribution >= 0.6 is 0 Å². The first-order valence-electron chi connectivity index (χ1n) is 5.82. The van der Waals surface area contributed by atoms with Gasteiger partial charge < -0.3 is 15.2 Å². The molecule has 2 N–H and O–H groups in total. The number of hydrogen-bond acceptors (Lipinski definition) is 4. The van der Waals surface area contributed by atoms with Gasteiger partial charge >= 0.3 is 5.97 Å². The Kier molecular flexibility index (Phi) is 3.52. The molecule has 1 aliphatic carbocycles. The van der Waals surface area contributed by atoms with Crippen LogP contribution in [-0.2, 0) is 4.74 Å². The van der Waals surface area contributed by atoms with Crippen molar-refractivity contribution in [1.29, 1.82) is 0 Å². The summed E-state index contributed by atoms with van der Waals surface area (Å²) in [6.07, 6.45) is 3.53. The molecule has 0 bridgehead atoms. The zero-order valence-corrected chi connectivity index (χ0v) is 9.94. The molecule has 17 heavy (non-hydrogen) atoms. The summed E-state index contributed by atoms with van der Waals surface area (Å²) in [6, 6.07) is 5.12. The number of ether oxygens (including phenoxy) is 2. The van der Waals surface area contributed by atoms with E-state index in [1.54, 1.807) is 18.2 Å². The van der Waals surface area contributed by atoms with Crippen molar-refractivity contribution in [3.8, 4) is 5.75 Å². The van der Waals surface area contributed by atoms with Gasteiger partial charge in [-0.2, -0.15) is 0 Å². The number of rotatable bonds is 4. The molecule has 0 unspecified atom stereocenters. The third-order valence-electron chi connectivity index (χ3n) is 3.16. The van der Waals surface area contributed by atoms with Crippen LogP contribution in [-0.4, -0.2) is 19.7 Å². The van der Waals surface area contributed by atoms with Gasteiger partial charge in [0, 0.05) is 5.69 Å². The monoisotopic (exact) mass is 235 g/mol. The predicted octanol–water partition coefficient (Wildman–Crippen LogP) is 2.23. The second-order valence-corrected chi connectivity index (χ2v) is 4.32. The van der Waals surface area contributed by atoms with Crippen LogP contribution in [0.1, 0.15) is 29.6 Å². The molecule has 2 rings (SSSR count). The summed E-state index contributed by atoms with van der Waals surface area (Å²) in [6.45, 7) is 0.482. The van der Waals surface area contributed by atoms with Crippen molar-refractivity contribution in [3.05, 3.63) is 23.8 Å². The smallest absolute Gasteiger partial charge is 0.344 e. The first kappa shape index (κ1) is 11.8. The van der Waals surface area contributed by atoms with Gasteiger partial charge in [0.15, 0.2) is 0 Å². The lowest BCUT2D eigenvalue weighted by atomic mass is 9.86. The summed E-state index contributed by atoms with van der Waals surface area (Å²) < 4.78 is 10.4. The minimum Gasteiger partial charge on any atom is -0.496 e. The number of esters is 1. The van der Waals surface area contributed by atoms with Gasteiger partial charge in [-0.25, -0.2) is 4.79 Å². The molecule has 92 valence electrons. The van der Waals surface area contributed by atoms with E-state index >= 15 is 0 Å². The number of hydrogen-bond donors (Lipinski definition) is 1. The number of nitrogen functional groups attached to an aromatic ring is 1. The van der Waals surface area contributed by atoms with Gasteiger partial charge in [0.1, 0.15) is 11.3 Å². The van der Waals surface area contributed by atoms with Crippen LogP contribution < -0.4 is 10.5 Å². The molecule has 0 atom stereocenters. The minimum absolute atomic E-state index is 0.328. The Morgan fingerprint density at radius 2 is 2.24 bits per heavy atom. The number of anilines is 1. The van der Waals surface area contributed by atoms with E-state index in [4.69, 9.17) is 15.2 Å². The Balaban J connectivity index is 2.06. The topological polar surface area (TPSA) is 61.5 Å². The van der Waals surface area contributed by atoms with Crippen molar-refractivity contribution in [2.45, 2.75) is 19.3 Å². The highest BCUT2D eigenvalue weighted by atomic mass is 16.5. The van der Waals surface area contributed by atoms with Gasteiger partial charge in [0.05, 0.1) is 13.7 Å². The van der Waals surface area contributed by atoms with Crippen molar-refractivity contribution in [2.24, 2.45) is 5.92 Å². The molecular weight excluding hydrogens is 218 g/mol. The second-order valence-electron chi connectivity index (χ2n) is 4.32. The molecule has 1 aromatic rings. The first-order valence-corrected chi connectivity index (χ1v) is 5.82. The van der Waals surface area contributed by atoms with Gasteiger partial charge in [0.2, 0.25) is 0 Å². The van der Waals surface area contributed by atoms with Crippen molar-refractivity contribution in [2.75, 3.05) is 19.5 Å². The number of carbonyl (C=O) groups is 1. The number of carbonyl (C=O) groups excluding carboxylic acids is 1. The summed E-state index contributed by atoms with van der Waals surface area (Å²) in [5.41, 5.74) is 6.49. The SMILES string of the molecule is COc1cccc(N)c1C(=O)OCC1CCC1. The lowest BCUT2D eigenvalue weighted by Gasteiger charge is -2.24. The van der Waals surface area contributed by atoms with Crippen LogP contribution in [0.4, 0.5) is 5.69 Å². The van der Waals surface area contributed by atoms with Crippen molar-refractivity contribution >= 4 is 11.7 Å². The average molecular weight is 235 g/mol. The molecule has 1 fully saturated rings. The fourth-order valence-electron chi connectivity index (χ4n) is 1.86. The lowest BCUT2D eigenvalue weighted by molar-refractivity contribution is 0.0369. The van der Waals surface area contributed by atoms with Gasteiger partial charge in [-0.1, -0.05) is 12.5 Å². The summed E-state index contributed by atoms with van der Waals surface area (Å²) in [5, 5.41) is 0. The molecule has 1 aliphatic rings. The number of nitrogens with two attached hydrogens (primary N) is 1. The number of methoxy groups -OCH3 is 1. The Morgan fingerprint density at radius 3 is 2.82 bits per heavy atom. The van der Waals surface area contributed by atoms with E-state index in [9.17, 15) is 4.79 Å². The van der Waals surface area contributed by atoms with Crippen LogP contribution in [0, 0.1) is 5.92 Å². The molecule has 0 aromatic heterocycles. The maximum absolute atomic E-state index is 11.9. The predicted molar refractivity (Wildman–Crippen MR) is 65.0 cm³/mol. The zero-order chi connectivity index (χ0) is 12.3. The Morgan fingerprint density at radius 1 is 1.47 bits per heavy atom.